The molecule has 5 nitrogen and oxygen atoms in total. The highest BCUT2D eigenvalue weighted by Crippen LogP contribution is 2.21. The van der Waals surface area contributed by atoms with Crippen molar-refractivity contribution in [2.45, 2.75) is 33.2 Å². The number of ether oxygens (including phenoxy) is 1. The monoisotopic (exact) mass is 380 g/mol. The van der Waals surface area contributed by atoms with Crippen LogP contribution in [-0.4, -0.2) is 53.9 Å². The topological polar surface area (TPSA) is 49.9 Å². The van der Waals surface area contributed by atoms with Crippen LogP contribution < -0.4 is 4.74 Å². The molecule has 0 saturated carbocycles. The Labute approximate surface area is 166 Å². The molecule has 1 fully saturated rings. The number of aryl methyl sites for hydroxylation is 1. The lowest BCUT2D eigenvalue weighted by molar-refractivity contribution is -0.155. The first-order valence-corrected chi connectivity index (χ1v) is 9.78. The molecule has 1 heterocycles. The van der Waals surface area contributed by atoms with Gasteiger partial charge in [0.05, 0.1) is 13.1 Å². The van der Waals surface area contributed by atoms with E-state index in [9.17, 15) is 9.59 Å². The molecule has 2 aromatic rings. The van der Waals surface area contributed by atoms with Gasteiger partial charge < -0.3 is 14.5 Å². The van der Waals surface area contributed by atoms with E-state index in [1.807, 2.05) is 62.4 Å². The molecule has 2 aromatic carbocycles. The molecular weight excluding hydrogens is 352 g/mol. The lowest BCUT2D eigenvalue weighted by atomic mass is 10.1. The van der Waals surface area contributed by atoms with Gasteiger partial charge in [-0.05, 0) is 49.9 Å². The van der Waals surface area contributed by atoms with Crippen LogP contribution >= 0.6 is 0 Å². The van der Waals surface area contributed by atoms with Gasteiger partial charge in [-0.2, -0.15) is 0 Å². The zero-order valence-electron chi connectivity index (χ0n) is 16.9. The van der Waals surface area contributed by atoms with Crippen LogP contribution in [0.4, 0.5) is 0 Å². The summed E-state index contributed by atoms with van der Waals surface area (Å²) in [6, 6.07) is 15.5. The highest BCUT2D eigenvalue weighted by Gasteiger charge is 2.35. The Balaban J connectivity index is 1.54. The quantitative estimate of drug-likeness (QED) is 0.742. The summed E-state index contributed by atoms with van der Waals surface area (Å²) >= 11 is 0. The molecule has 0 spiro atoms. The first kappa shape index (κ1) is 19.9. The second-order valence-corrected chi connectivity index (χ2v) is 7.31. The van der Waals surface area contributed by atoms with E-state index >= 15 is 0 Å². The van der Waals surface area contributed by atoms with Gasteiger partial charge in [0, 0.05) is 6.54 Å². The van der Waals surface area contributed by atoms with Gasteiger partial charge in [0.2, 0.25) is 11.8 Å². The van der Waals surface area contributed by atoms with E-state index in [2.05, 4.69) is 0 Å². The maximum atomic E-state index is 12.7. The minimum atomic E-state index is -0.459. The third-order valence-electron chi connectivity index (χ3n) is 5.44. The normalized spacial score (nSPS) is 17.2. The van der Waals surface area contributed by atoms with Crippen molar-refractivity contribution >= 4 is 11.8 Å². The van der Waals surface area contributed by atoms with E-state index in [-0.39, 0.29) is 18.4 Å². The number of rotatable bonds is 7. The highest BCUT2D eigenvalue weighted by atomic mass is 16.5. The number of benzene rings is 2. The first-order chi connectivity index (χ1) is 13.5. The fourth-order valence-electron chi connectivity index (χ4n) is 3.50. The molecule has 28 heavy (non-hydrogen) atoms. The van der Waals surface area contributed by atoms with Gasteiger partial charge in [-0.1, -0.05) is 42.5 Å². The van der Waals surface area contributed by atoms with Crippen LogP contribution in [0.15, 0.2) is 48.5 Å². The Morgan fingerprint density at radius 2 is 1.75 bits per heavy atom. The van der Waals surface area contributed by atoms with Gasteiger partial charge in [0.15, 0.2) is 0 Å². The first-order valence-electron chi connectivity index (χ1n) is 9.78. The number of carbonyl (C=O) groups is 2. The smallest absolute Gasteiger partial charge is 0.245 e. The second-order valence-electron chi connectivity index (χ2n) is 7.31. The fraction of sp³-hybridized carbons (Fsp3) is 0.391. The van der Waals surface area contributed by atoms with Crippen molar-refractivity contribution < 1.29 is 14.3 Å². The van der Waals surface area contributed by atoms with Crippen LogP contribution in [0.2, 0.25) is 0 Å². The van der Waals surface area contributed by atoms with Crippen LogP contribution in [0, 0.1) is 13.8 Å². The standard InChI is InChI=1S/C23H28N2O3/c1-17-8-7-11-21(18(17)2)28-15-14-25-19(3)23(27)24(16-22(25)26)13-12-20-9-5-4-6-10-20/h4-11,19H,12-16H2,1-3H3/t19-/m0/s1. The molecule has 0 unspecified atom stereocenters. The average molecular weight is 380 g/mol. The Hall–Kier alpha value is -2.82. The Kier molecular flexibility index (Phi) is 6.34. The summed E-state index contributed by atoms with van der Waals surface area (Å²) in [6.07, 6.45) is 0.752. The van der Waals surface area contributed by atoms with Crippen LogP contribution in [0.25, 0.3) is 0 Å². The van der Waals surface area contributed by atoms with Crippen LogP contribution in [0.3, 0.4) is 0 Å². The summed E-state index contributed by atoms with van der Waals surface area (Å²) < 4.78 is 5.87. The molecule has 3 rings (SSSR count). The molecule has 0 radical (unpaired) electrons. The zero-order valence-corrected chi connectivity index (χ0v) is 16.9. The maximum Gasteiger partial charge on any atom is 0.245 e. The molecule has 0 bridgehead atoms. The lowest BCUT2D eigenvalue weighted by Crippen LogP contribution is -2.59. The summed E-state index contributed by atoms with van der Waals surface area (Å²) in [4.78, 5) is 28.6. The molecular formula is C23H28N2O3. The van der Waals surface area contributed by atoms with Crippen molar-refractivity contribution in [1.82, 2.24) is 9.80 Å². The fourth-order valence-corrected chi connectivity index (χ4v) is 3.50. The van der Waals surface area contributed by atoms with E-state index in [1.165, 1.54) is 11.1 Å². The van der Waals surface area contributed by atoms with Crippen molar-refractivity contribution in [3.63, 3.8) is 0 Å². The van der Waals surface area contributed by atoms with E-state index in [0.29, 0.717) is 19.7 Å². The molecule has 148 valence electrons. The van der Waals surface area contributed by atoms with E-state index in [0.717, 1.165) is 17.7 Å². The van der Waals surface area contributed by atoms with Crippen LogP contribution in [0.1, 0.15) is 23.6 Å². The van der Waals surface area contributed by atoms with Crippen molar-refractivity contribution in [1.29, 1.82) is 0 Å². The van der Waals surface area contributed by atoms with E-state index in [1.54, 1.807) is 16.7 Å². The summed E-state index contributed by atoms with van der Waals surface area (Å²) in [5.41, 5.74) is 3.44. The molecule has 1 atom stereocenters. The molecule has 0 aliphatic carbocycles. The molecule has 0 N–H and O–H groups in total. The molecule has 5 heteroatoms. The van der Waals surface area contributed by atoms with Gasteiger partial charge >= 0.3 is 0 Å². The van der Waals surface area contributed by atoms with E-state index < -0.39 is 6.04 Å². The summed E-state index contributed by atoms with van der Waals surface area (Å²) in [7, 11) is 0. The van der Waals surface area contributed by atoms with Crippen molar-refractivity contribution in [3.05, 3.63) is 65.2 Å². The van der Waals surface area contributed by atoms with Gasteiger partial charge in [0.1, 0.15) is 18.4 Å². The zero-order chi connectivity index (χ0) is 20.1. The van der Waals surface area contributed by atoms with E-state index in [4.69, 9.17) is 4.74 Å². The summed E-state index contributed by atoms with van der Waals surface area (Å²) in [5, 5.41) is 0. The van der Waals surface area contributed by atoms with Gasteiger partial charge in [-0.15, -0.1) is 0 Å². The largest absolute Gasteiger partial charge is 0.491 e. The predicted molar refractivity (Wildman–Crippen MR) is 109 cm³/mol. The molecule has 1 aliphatic heterocycles. The molecule has 1 aliphatic rings. The number of nitrogens with zero attached hydrogens (tertiary/aromatic N) is 2. The highest BCUT2D eigenvalue weighted by molar-refractivity contribution is 5.94. The summed E-state index contributed by atoms with van der Waals surface area (Å²) in [5.74, 6) is 0.805. The third kappa shape index (κ3) is 4.53. The molecule has 2 amide bonds. The Morgan fingerprint density at radius 3 is 2.50 bits per heavy atom. The maximum absolute atomic E-state index is 12.7. The average Bonchev–Trinajstić information content (AvgIpc) is 2.70. The van der Waals surface area contributed by atoms with Crippen molar-refractivity contribution in [2.24, 2.45) is 0 Å². The van der Waals surface area contributed by atoms with Crippen molar-refractivity contribution in [3.8, 4) is 5.75 Å². The Bertz CT molecular complexity index is 835. The van der Waals surface area contributed by atoms with Gasteiger partial charge in [0.25, 0.3) is 0 Å². The van der Waals surface area contributed by atoms with Crippen molar-refractivity contribution in [2.75, 3.05) is 26.2 Å². The minimum Gasteiger partial charge on any atom is -0.491 e. The van der Waals surface area contributed by atoms with Crippen LogP contribution in [-0.2, 0) is 16.0 Å². The Morgan fingerprint density at radius 1 is 1.00 bits per heavy atom. The minimum absolute atomic E-state index is 0.00210. The second kappa shape index (κ2) is 8.91. The number of hydrogen-bond acceptors (Lipinski definition) is 3. The van der Waals surface area contributed by atoms with Gasteiger partial charge in [-0.25, -0.2) is 0 Å². The summed E-state index contributed by atoms with van der Waals surface area (Å²) in [6.45, 7) is 7.34. The van der Waals surface area contributed by atoms with Crippen LogP contribution in [0.5, 0.6) is 5.75 Å². The SMILES string of the molecule is Cc1cccc(OCCN2C(=O)CN(CCc3ccccc3)C(=O)[C@@H]2C)c1C. The number of carbonyl (C=O) groups excluding carboxylic acids is 2. The van der Waals surface area contributed by atoms with Gasteiger partial charge in [-0.3, -0.25) is 9.59 Å². The number of piperazine rings is 1. The predicted octanol–water partition coefficient (Wildman–Crippen LogP) is 2.98. The number of hydrogen-bond donors (Lipinski definition) is 0. The number of amides is 2. The third-order valence-corrected chi connectivity index (χ3v) is 5.44. The molecule has 0 aromatic heterocycles. The lowest BCUT2D eigenvalue weighted by Gasteiger charge is -2.38. The molecule has 1 saturated heterocycles.